The van der Waals surface area contributed by atoms with Crippen LogP contribution in [0.2, 0.25) is 0 Å². The predicted octanol–water partition coefficient (Wildman–Crippen LogP) is 2.35. The van der Waals surface area contributed by atoms with Gasteiger partial charge in [-0.2, -0.15) is 0 Å². The van der Waals surface area contributed by atoms with E-state index >= 15 is 0 Å². The van der Waals surface area contributed by atoms with E-state index in [0.717, 1.165) is 39.1 Å². The molecular formula is C19H24N4O2S. The molecule has 1 aromatic carbocycles. The number of ether oxygens (including phenoxy) is 1. The van der Waals surface area contributed by atoms with E-state index in [1.165, 1.54) is 22.7 Å². The Bertz CT molecular complexity index is 739. The Balaban J connectivity index is 1.35. The zero-order chi connectivity index (χ0) is 18.0. The molecule has 2 fully saturated rings. The fourth-order valence-corrected chi connectivity index (χ4v) is 4.28. The highest BCUT2D eigenvalue weighted by Crippen LogP contribution is 2.31. The van der Waals surface area contributed by atoms with E-state index in [1.807, 2.05) is 4.90 Å². The summed E-state index contributed by atoms with van der Waals surface area (Å²) in [4.78, 5) is 16.8. The molecule has 138 valence electrons. The Hall–Kier alpha value is -1.83. The molecule has 0 unspecified atom stereocenters. The van der Waals surface area contributed by atoms with Gasteiger partial charge in [0.2, 0.25) is 0 Å². The quantitative estimate of drug-likeness (QED) is 0.828. The van der Waals surface area contributed by atoms with Gasteiger partial charge >= 0.3 is 0 Å². The molecule has 0 saturated carbocycles. The minimum atomic E-state index is -0.125. The molecule has 2 aliphatic heterocycles. The Morgan fingerprint density at radius 3 is 2.69 bits per heavy atom. The van der Waals surface area contributed by atoms with E-state index < -0.39 is 0 Å². The van der Waals surface area contributed by atoms with Crippen molar-refractivity contribution in [2.24, 2.45) is 0 Å². The zero-order valence-electron chi connectivity index (χ0n) is 15.1. The lowest BCUT2D eigenvalue weighted by Gasteiger charge is -2.47. The lowest BCUT2D eigenvalue weighted by molar-refractivity contribution is -0.134. The van der Waals surface area contributed by atoms with Gasteiger partial charge in [0.1, 0.15) is 0 Å². The van der Waals surface area contributed by atoms with Crippen LogP contribution in [0.5, 0.6) is 0 Å². The van der Waals surface area contributed by atoms with Gasteiger partial charge in [-0.3, -0.25) is 9.69 Å². The van der Waals surface area contributed by atoms with E-state index in [0.29, 0.717) is 18.8 Å². The van der Waals surface area contributed by atoms with Crippen LogP contribution in [0, 0.1) is 6.92 Å². The molecule has 2 saturated heterocycles. The summed E-state index contributed by atoms with van der Waals surface area (Å²) in [6.07, 6.45) is 1.75. The molecule has 0 N–H and O–H groups in total. The van der Waals surface area contributed by atoms with E-state index in [1.54, 1.807) is 5.38 Å². The Kier molecular flexibility index (Phi) is 5.02. The first-order valence-electron chi connectivity index (χ1n) is 9.12. The number of piperidine rings is 1. The number of likely N-dealkylation sites (tertiary alicyclic amines) is 1. The number of amides is 1. The van der Waals surface area contributed by atoms with Gasteiger partial charge in [0.05, 0.1) is 12.2 Å². The standard InChI is InChI=1S/C19H24N4O2S/c1-15-2-4-16(5-3-15)12-22-10-11-25-19(14-22)6-8-23(9-7-19)18(24)17-13-26-21-20-17/h2-5,13H,6-12,14H2,1H3. The maximum atomic E-state index is 12.4. The largest absolute Gasteiger partial charge is 0.372 e. The second-order valence-electron chi connectivity index (χ2n) is 7.31. The van der Waals surface area contributed by atoms with Crippen molar-refractivity contribution in [1.82, 2.24) is 19.4 Å². The van der Waals surface area contributed by atoms with Crippen molar-refractivity contribution in [3.8, 4) is 0 Å². The minimum Gasteiger partial charge on any atom is -0.372 e. The average Bonchev–Trinajstić information content (AvgIpc) is 3.19. The van der Waals surface area contributed by atoms with E-state index in [-0.39, 0.29) is 11.5 Å². The average molecular weight is 372 g/mol. The van der Waals surface area contributed by atoms with Crippen LogP contribution in [0.4, 0.5) is 0 Å². The molecule has 0 atom stereocenters. The maximum absolute atomic E-state index is 12.4. The molecule has 2 aliphatic rings. The number of hydrogen-bond donors (Lipinski definition) is 0. The van der Waals surface area contributed by atoms with Crippen molar-refractivity contribution in [3.05, 3.63) is 46.5 Å². The lowest BCUT2D eigenvalue weighted by Crippen LogP contribution is -2.57. The Morgan fingerprint density at radius 1 is 1.23 bits per heavy atom. The van der Waals surface area contributed by atoms with Crippen molar-refractivity contribution in [1.29, 1.82) is 0 Å². The smallest absolute Gasteiger partial charge is 0.275 e. The summed E-state index contributed by atoms with van der Waals surface area (Å²) < 4.78 is 10.00. The topological polar surface area (TPSA) is 58.6 Å². The fourth-order valence-electron chi connectivity index (χ4n) is 3.85. The molecule has 2 aromatic rings. The zero-order valence-corrected chi connectivity index (χ0v) is 15.9. The van der Waals surface area contributed by atoms with Crippen molar-refractivity contribution in [2.45, 2.75) is 31.9 Å². The van der Waals surface area contributed by atoms with Crippen molar-refractivity contribution in [2.75, 3.05) is 32.8 Å². The first kappa shape index (κ1) is 17.6. The van der Waals surface area contributed by atoms with E-state index in [4.69, 9.17) is 4.74 Å². The number of aryl methyl sites for hydroxylation is 1. The molecule has 26 heavy (non-hydrogen) atoms. The van der Waals surface area contributed by atoms with Crippen LogP contribution in [0.3, 0.4) is 0 Å². The molecule has 1 aromatic heterocycles. The van der Waals surface area contributed by atoms with Crippen LogP contribution in [0.15, 0.2) is 29.6 Å². The van der Waals surface area contributed by atoms with E-state index in [2.05, 4.69) is 45.7 Å². The van der Waals surface area contributed by atoms with Crippen molar-refractivity contribution >= 4 is 17.4 Å². The van der Waals surface area contributed by atoms with E-state index in [9.17, 15) is 4.79 Å². The van der Waals surface area contributed by atoms with Crippen LogP contribution < -0.4 is 0 Å². The molecule has 1 spiro atoms. The van der Waals surface area contributed by atoms with Crippen molar-refractivity contribution < 1.29 is 9.53 Å². The number of aromatic nitrogens is 2. The summed E-state index contributed by atoms with van der Waals surface area (Å²) in [5.41, 5.74) is 2.97. The summed E-state index contributed by atoms with van der Waals surface area (Å²) in [5.74, 6) is -0.0130. The molecule has 4 rings (SSSR count). The predicted molar refractivity (Wildman–Crippen MR) is 100 cm³/mol. The number of carbonyl (C=O) groups is 1. The molecule has 0 aliphatic carbocycles. The Morgan fingerprint density at radius 2 is 2.00 bits per heavy atom. The second kappa shape index (κ2) is 7.42. The number of benzene rings is 1. The van der Waals surface area contributed by atoms with Crippen LogP contribution in [0.1, 0.15) is 34.5 Å². The lowest BCUT2D eigenvalue weighted by atomic mass is 9.89. The number of morpholine rings is 1. The highest BCUT2D eigenvalue weighted by Gasteiger charge is 2.40. The first-order chi connectivity index (χ1) is 12.6. The van der Waals surface area contributed by atoms with Gasteiger partial charge in [-0.05, 0) is 36.9 Å². The van der Waals surface area contributed by atoms with Gasteiger partial charge in [-0.25, -0.2) is 0 Å². The number of carbonyl (C=O) groups excluding carboxylic acids is 1. The first-order valence-corrected chi connectivity index (χ1v) is 9.95. The Labute approximate surface area is 157 Å². The molecule has 7 heteroatoms. The van der Waals surface area contributed by atoms with Crippen LogP contribution in [-0.2, 0) is 11.3 Å². The summed E-state index contributed by atoms with van der Waals surface area (Å²) >= 11 is 1.22. The number of nitrogens with zero attached hydrogens (tertiary/aromatic N) is 4. The molecule has 1 amide bonds. The monoisotopic (exact) mass is 372 g/mol. The fraction of sp³-hybridized carbons (Fsp3) is 0.526. The van der Waals surface area contributed by atoms with Crippen LogP contribution >= 0.6 is 11.5 Å². The number of rotatable bonds is 3. The summed E-state index contributed by atoms with van der Waals surface area (Å²) in [6, 6.07) is 8.76. The van der Waals surface area contributed by atoms with Crippen LogP contribution in [-0.4, -0.2) is 63.7 Å². The summed E-state index contributed by atoms with van der Waals surface area (Å²) in [6.45, 7) is 7.16. The molecule has 0 bridgehead atoms. The highest BCUT2D eigenvalue weighted by molar-refractivity contribution is 7.03. The van der Waals surface area contributed by atoms with Gasteiger partial charge < -0.3 is 9.64 Å². The van der Waals surface area contributed by atoms with Gasteiger partial charge in [-0.15, -0.1) is 5.10 Å². The third-order valence-corrected chi connectivity index (χ3v) is 5.90. The summed E-state index contributed by atoms with van der Waals surface area (Å²) in [5, 5.41) is 5.61. The number of hydrogen-bond acceptors (Lipinski definition) is 6. The van der Waals surface area contributed by atoms with Gasteiger partial charge in [0.25, 0.3) is 5.91 Å². The minimum absolute atomic E-state index is 0.0130. The molecule has 6 nitrogen and oxygen atoms in total. The third kappa shape index (κ3) is 3.79. The van der Waals surface area contributed by atoms with Gasteiger partial charge in [0.15, 0.2) is 5.69 Å². The molecule has 0 radical (unpaired) electrons. The highest BCUT2D eigenvalue weighted by atomic mass is 32.1. The normalized spacial score (nSPS) is 20.4. The molecule has 3 heterocycles. The van der Waals surface area contributed by atoms with Crippen molar-refractivity contribution in [3.63, 3.8) is 0 Å². The van der Waals surface area contributed by atoms with Gasteiger partial charge in [0, 0.05) is 38.1 Å². The molecular weight excluding hydrogens is 348 g/mol. The third-order valence-electron chi connectivity index (χ3n) is 5.40. The summed E-state index contributed by atoms with van der Waals surface area (Å²) in [7, 11) is 0. The second-order valence-corrected chi connectivity index (χ2v) is 7.92. The van der Waals surface area contributed by atoms with Gasteiger partial charge in [-0.1, -0.05) is 34.3 Å². The van der Waals surface area contributed by atoms with Crippen LogP contribution in [0.25, 0.3) is 0 Å². The SMILES string of the molecule is Cc1ccc(CN2CCOC3(CCN(C(=O)c4csnn4)CC3)C2)cc1. The maximum Gasteiger partial charge on any atom is 0.275 e.